The monoisotopic (exact) mass is 320 g/mol. The Bertz CT molecular complexity index is 425. The molecule has 130 valence electrons. The van der Waals surface area contributed by atoms with Crippen LogP contribution in [0.4, 0.5) is 0 Å². The number of phenolic OH excluding ortho intramolecular Hbond substituents is 1. The van der Waals surface area contributed by atoms with E-state index in [0.29, 0.717) is 5.75 Å². The number of hydrogen-bond donors (Lipinski definition) is 1. The topological polar surface area (TPSA) is 46.5 Å². The number of benzene rings is 1. The fraction of sp³-hybridized carbons (Fsp3) is 0.650. The molecule has 0 fully saturated rings. The number of ether oxygens (including phenoxy) is 1. The Kier molecular flexibility index (Phi) is 10.2. The predicted octanol–water partition coefficient (Wildman–Crippen LogP) is 5.25. The number of phenols is 1. The fourth-order valence-corrected chi connectivity index (χ4v) is 2.92. The molecule has 0 heterocycles. The molecule has 0 aliphatic rings. The lowest BCUT2D eigenvalue weighted by Gasteiger charge is -2.14. The van der Waals surface area contributed by atoms with E-state index in [1.807, 2.05) is 12.1 Å². The summed E-state index contributed by atoms with van der Waals surface area (Å²) in [6.45, 7) is 2.20. The van der Waals surface area contributed by atoms with E-state index in [4.69, 9.17) is 4.74 Å². The molecule has 0 aliphatic heterocycles. The Labute approximate surface area is 141 Å². The van der Waals surface area contributed by atoms with Crippen LogP contribution in [0.25, 0.3) is 0 Å². The van der Waals surface area contributed by atoms with Gasteiger partial charge in [0.2, 0.25) is 0 Å². The molecular weight excluding hydrogens is 288 g/mol. The molecule has 23 heavy (non-hydrogen) atoms. The Morgan fingerprint density at radius 1 is 1.00 bits per heavy atom. The average Bonchev–Trinajstić information content (AvgIpc) is 2.57. The second-order valence-corrected chi connectivity index (χ2v) is 6.34. The highest BCUT2D eigenvalue weighted by Gasteiger charge is 2.17. The first-order valence-electron chi connectivity index (χ1n) is 9.03. The van der Waals surface area contributed by atoms with E-state index in [1.165, 1.54) is 31.9 Å². The summed E-state index contributed by atoms with van der Waals surface area (Å²) >= 11 is 0. The predicted molar refractivity (Wildman–Crippen MR) is 94.5 cm³/mol. The van der Waals surface area contributed by atoms with Gasteiger partial charge >= 0.3 is 5.97 Å². The van der Waals surface area contributed by atoms with E-state index in [0.717, 1.165) is 44.9 Å². The van der Waals surface area contributed by atoms with Gasteiger partial charge in [0.1, 0.15) is 5.75 Å². The van der Waals surface area contributed by atoms with Crippen molar-refractivity contribution >= 4 is 5.97 Å². The highest BCUT2D eigenvalue weighted by molar-refractivity contribution is 5.72. The van der Waals surface area contributed by atoms with Crippen LogP contribution in [0.5, 0.6) is 5.75 Å². The molecule has 3 nitrogen and oxygen atoms in total. The third kappa shape index (κ3) is 8.63. The number of unbranched alkanes of at least 4 members (excludes halogenated alkanes) is 5. The molecule has 0 aromatic heterocycles. The second-order valence-electron chi connectivity index (χ2n) is 6.34. The van der Waals surface area contributed by atoms with Gasteiger partial charge < -0.3 is 9.84 Å². The molecule has 0 radical (unpaired) electrons. The quantitative estimate of drug-likeness (QED) is 0.422. The van der Waals surface area contributed by atoms with Gasteiger partial charge in [-0.05, 0) is 43.4 Å². The normalized spacial score (nSPS) is 12.1. The van der Waals surface area contributed by atoms with E-state index in [9.17, 15) is 9.90 Å². The largest absolute Gasteiger partial charge is 0.508 e. The number of esters is 1. The smallest absolute Gasteiger partial charge is 0.308 e. The lowest BCUT2D eigenvalue weighted by molar-refractivity contribution is -0.146. The maximum atomic E-state index is 11.8. The highest BCUT2D eigenvalue weighted by atomic mass is 16.5. The lowest BCUT2D eigenvalue weighted by atomic mass is 9.94. The van der Waals surface area contributed by atoms with Crippen LogP contribution in [-0.4, -0.2) is 18.2 Å². The molecule has 1 N–H and O–H groups in total. The number of methoxy groups -OCH3 is 1. The standard InChI is InChI=1S/C20H32O3/c1-3-4-5-8-11-18(20(22)23-2)12-9-6-7-10-17-13-15-19(21)16-14-17/h13-16,18,21H,3-12H2,1-2H3. The van der Waals surface area contributed by atoms with Crippen LogP contribution in [-0.2, 0) is 16.0 Å². The van der Waals surface area contributed by atoms with Gasteiger partial charge in [0, 0.05) is 0 Å². The van der Waals surface area contributed by atoms with Crippen molar-refractivity contribution in [2.75, 3.05) is 7.11 Å². The Morgan fingerprint density at radius 3 is 2.17 bits per heavy atom. The number of rotatable bonds is 12. The summed E-state index contributed by atoms with van der Waals surface area (Å²) in [6, 6.07) is 7.42. The molecule has 0 bridgehead atoms. The summed E-state index contributed by atoms with van der Waals surface area (Å²) in [7, 11) is 1.49. The van der Waals surface area contributed by atoms with Crippen LogP contribution in [0, 0.1) is 5.92 Å². The van der Waals surface area contributed by atoms with Gasteiger partial charge in [-0.1, -0.05) is 57.6 Å². The summed E-state index contributed by atoms with van der Waals surface area (Å²) in [6.07, 6.45) is 11.1. The Balaban J connectivity index is 2.20. The maximum Gasteiger partial charge on any atom is 0.308 e. The lowest BCUT2D eigenvalue weighted by Crippen LogP contribution is -2.16. The minimum absolute atomic E-state index is 0.0416. The molecule has 0 aliphatic carbocycles. The number of aryl methyl sites for hydroxylation is 1. The molecule has 1 atom stereocenters. The summed E-state index contributed by atoms with van der Waals surface area (Å²) in [5.41, 5.74) is 1.26. The minimum Gasteiger partial charge on any atom is -0.508 e. The number of aromatic hydroxyl groups is 1. The molecule has 3 heteroatoms. The van der Waals surface area contributed by atoms with Crippen LogP contribution >= 0.6 is 0 Å². The first-order valence-corrected chi connectivity index (χ1v) is 9.03. The van der Waals surface area contributed by atoms with Crippen molar-refractivity contribution in [3.63, 3.8) is 0 Å². The zero-order valence-electron chi connectivity index (χ0n) is 14.7. The van der Waals surface area contributed by atoms with Gasteiger partial charge in [-0.25, -0.2) is 0 Å². The molecule has 0 saturated carbocycles. The van der Waals surface area contributed by atoms with Gasteiger partial charge in [-0.2, -0.15) is 0 Å². The average molecular weight is 320 g/mol. The fourth-order valence-electron chi connectivity index (χ4n) is 2.92. The number of carbonyl (C=O) groups is 1. The third-order valence-corrected chi connectivity index (χ3v) is 4.40. The second kappa shape index (κ2) is 12.0. The molecule has 0 saturated heterocycles. The van der Waals surface area contributed by atoms with Crippen LogP contribution in [0.3, 0.4) is 0 Å². The van der Waals surface area contributed by atoms with Crippen molar-refractivity contribution in [1.82, 2.24) is 0 Å². The number of hydrogen-bond acceptors (Lipinski definition) is 3. The maximum absolute atomic E-state index is 11.8. The van der Waals surface area contributed by atoms with E-state index in [2.05, 4.69) is 6.92 Å². The Hall–Kier alpha value is -1.51. The molecular formula is C20H32O3. The highest BCUT2D eigenvalue weighted by Crippen LogP contribution is 2.20. The van der Waals surface area contributed by atoms with Gasteiger partial charge in [-0.15, -0.1) is 0 Å². The molecule has 1 rings (SSSR count). The zero-order valence-corrected chi connectivity index (χ0v) is 14.7. The molecule has 1 aromatic rings. The van der Waals surface area contributed by atoms with Crippen LogP contribution in [0.15, 0.2) is 24.3 Å². The van der Waals surface area contributed by atoms with Gasteiger partial charge in [0.25, 0.3) is 0 Å². The van der Waals surface area contributed by atoms with Crippen molar-refractivity contribution in [3.8, 4) is 5.75 Å². The van der Waals surface area contributed by atoms with Crippen LogP contribution < -0.4 is 0 Å². The third-order valence-electron chi connectivity index (χ3n) is 4.40. The SMILES string of the molecule is CCCCCCC(CCCCCc1ccc(O)cc1)C(=O)OC. The summed E-state index contributed by atoms with van der Waals surface area (Å²) < 4.78 is 4.94. The number of carbonyl (C=O) groups excluding carboxylic acids is 1. The first-order chi connectivity index (χ1) is 11.2. The van der Waals surface area contributed by atoms with Gasteiger partial charge in [0.15, 0.2) is 0 Å². The molecule has 0 spiro atoms. The van der Waals surface area contributed by atoms with Crippen molar-refractivity contribution in [2.45, 2.75) is 71.1 Å². The van der Waals surface area contributed by atoms with E-state index >= 15 is 0 Å². The van der Waals surface area contributed by atoms with Crippen molar-refractivity contribution in [1.29, 1.82) is 0 Å². The first kappa shape index (κ1) is 19.5. The van der Waals surface area contributed by atoms with Crippen LogP contribution in [0.2, 0.25) is 0 Å². The minimum atomic E-state index is -0.0416. The van der Waals surface area contributed by atoms with E-state index in [1.54, 1.807) is 12.1 Å². The summed E-state index contributed by atoms with van der Waals surface area (Å²) in [4.78, 5) is 11.8. The van der Waals surface area contributed by atoms with Gasteiger partial charge in [-0.3, -0.25) is 4.79 Å². The molecule has 0 amide bonds. The van der Waals surface area contributed by atoms with Crippen molar-refractivity contribution in [2.24, 2.45) is 5.92 Å². The van der Waals surface area contributed by atoms with E-state index < -0.39 is 0 Å². The summed E-state index contributed by atoms with van der Waals surface area (Å²) in [5, 5.41) is 9.26. The molecule has 1 unspecified atom stereocenters. The van der Waals surface area contributed by atoms with Crippen LogP contribution in [0.1, 0.15) is 70.3 Å². The molecule has 1 aromatic carbocycles. The van der Waals surface area contributed by atoms with Crippen molar-refractivity contribution in [3.05, 3.63) is 29.8 Å². The zero-order chi connectivity index (χ0) is 16.9. The Morgan fingerprint density at radius 2 is 1.61 bits per heavy atom. The van der Waals surface area contributed by atoms with Gasteiger partial charge in [0.05, 0.1) is 13.0 Å². The van der Waals surface area contributed by atoms with Crippen molar-refractivity contribution < 1.29 is 14.6 Å². The van der Waals surface area contributed by atoms with E-state index in [-0.39, 0.29) is 11.9 Å². The summed E-state index contributed by atoms with van der Waals surface area (Å²) in [5.74, 6) is 0.350.